The molecule has 0 radical (unpaired) electrons. The molecule has 0 atom stereocenters. The van der Waals surface area contributed by atoms with Gasteiger partial charge in [-0.1, -0.05) is 11.6 Å². The Morgan fingerprint density at radius 3 is 2.31 bits per heavy atom. The molecule has 1 rings (SSSR count). The number of hydrogen-bond acceptors (Lipinski definition) is 2. The van der Waals surface area contributed by atoms with E-state index in [9.17, 15) is 22.0 Å². The number of halogens is 6. The first kappa shape index (κ1) is 13.1. The highest BCUT2D eigenvalue weighted by molar-refractivity contribution is 6.30. The van der Waals surface area contributed by atoms with Gasteiger partial charge >= 0.3 is 6.18 Å². The third-order valence-corrected chi connectivity index (χ3v) is 2.06. The fourth-order valence-corrected chi connectivity index (χ4v) is 1.37. The fraction of sp³-hybridized carbons (Fsp3) is 0.375. The molecule has 0 fully saturated rings. The lowest BCUT2D eigenvalue weighted by molar-refractivity contribution is -0.141. The largest absolute Gasteiger partial charge is 0.433 e. The minimum Gasteiger partial charge on any atom is -0.392 e. The minimum absolute atomic E-state index is 0.355. The van der Waals surface area contributed by atoms with Gasteiger partial charge in [0, 0.05) is 0 Å². The first-order valence-electron chi connectivity index (χ1n) is 3.93. The molecule has 0 bridgehead atoms. The molecule has 0 aromatic carbocycles. The average Bonchev–Trinajstić information content (AvgIpc) is 2.14. The van der Waals surface area contributed by atoms with E-state index in [4.69, 9.17) is 16.7 Å². The molecular weight excluding hydrogens is 257 g/mol. The van der Waals surface area contributed by atoms with Gasteiger partial charge in [-0.15, -0.1) is 0 Å². The van der Waals surface area contributed by atoms with Gasteiger partial charge in [-0.2, -0.15) is 13.2 Å². The Bertz CT molecular complexity index is 393. The van der Waals surface area contributed by atoms with E-state index < -0.39 is 41.2 Å². The van der Waals surface area contributed by atoms with E-state index in [1.54, 1.807) is 0 Å². The van der Waals surface area contributed by atoms with E-state index in [1.807, 2.05) is 0 Å². The number of nitrogens with zero attached hydrogens (tertiary/aromatic N) is 1. The maximum atomic E-state index is 12.4. The van der Waals surface area contributed by atoms with Crippen molar-refractivity contribution in [3.8, 4) is 0 Å². The first-order valence-corrected chi connectivity index (χ1v) is 4.30. The van der Waals surface area contributed by atoms with Crippen LogP contribution in [0.1, 0.15) is 23.2 Å². The second kappa shape index (κ2) is 4.50. The lowest BCUT2D eigenvalue weighted by atomic mass is 10.1. The van der Waals surface area contributed by atoms with E-state index in [0.717, 1.165) is 0 Å². The Labute approximate surface area is 91.7 Å². The second-order valence-electron chi connectivity index (χ2n) is 2.83. The summed E-state index contributed by atoms with van der Waals surface area (Å²) in [6.45, 7) is -0.967. The maximum absolute atomic E-state index is 12.4. The van der Waals surface area contributed by atoms with Crippen LogP contribution in [0.5, 0.6) is 0 Å². The predicted octanol–water partition coefficient (Wildman–Crippen LogP) is 3.18. The Morgan fingerprint density at radius 1 is 1.38 bits per heavy atom. The Kier molecular flexibility index (Phi) is 3.69. The number of aliphatic hydroxyl groups excluding tert-OH is 1. The maximum Gasteiger partial charge on any atom is 0.433 e. The summed E-state index contributed by atoms with van der Waals surface area (Å²) in [6, 6.07) is 0.355. The molecule has 90 valence electrons. The molecule has 1 aromatic heterocycles. The monoisotopic (exact) mass is 261 g/mol. The summed E-state index contributed by atoms with van der Waals surface area (Å²) in [5.74, 6) is 0. The van der Waals surface area contributed by atoms with Crippen LogP contribution in [0.25, 0.3) is 0 Å². The second-order valence-corrected chi connectivity index (χ2v) is 3.19. The van der Waals surface area contributed by atoms with Crippen molar-refractivity contribution in [3.05, 3.63) is 28.0 Å². The fourth-order valence-electron chi connectivity index (χ4n) is 1.08. The lowest BCUT2D eigenvalue weighted by Gasteiger charge is -2.12. The topological polar surface area (TPSA) is 33.1 Å². The van der Waals surface area contributed by atoms with Gasteiger partial charge in [0.1, 0.15) is 10.8 Å². The van der Waals surface area contributed by atoms with E-state index in [-0.39, 0.29) is 0 Å². The zero-order valence-electron chi connectivity index (χ0n) is 7.52. The summed E-state index contributed by atoms with van der Waals surface area (Å²) in [5, 5.41) is 7.74. The zero-order valence-corrected chi connectivity index (χ0v) is 8.28. The molecular formula is C8H5ClF5NO. The number of rotatable bonds is 2. The molecule has 0 aliphatic carbocycles. The average molecular weight is 262 g/mol. The van der Waals surface area contributed by atoms with Gasteiger partial charge in [0.05, 0.1) is 12.2 Å². The molecule has 1 heterocycles. The quantitative estimate of drug-likeness (QED) is 0.655. The predicted molar refractivity (Wildman–Crippen MR) is 45.1 cm³/mol. The summed E-state index contributed by atoms with van der Waals surface area (Å²) in [5.41, 5.74) is -2.87. The Balaban J connectivity index is 3.38. The molecule has 1 aromatic rings. The number of pyridine rings is 1. The van der Waals surface area contributed by atoms with Gasteiger partial charge < -0.3 is 5.11 Å². The van der Waals surface area contributed by atoms with Crippen LogP contribution in [0.4, 0.5) is 22.0 Å². The summed E-state index contributed by atoms with van der Waals surface area (Å²) in [4.78, 5) is 2.82. The molecule has 0 amide bonds. The standard InChI is InChI=1S/C8H5ClF5NO/c9-6-5(7(10)11)3(2-16)1-4(15-6)8(12,13)14/h1,7,16H,2H2. The third kappa shape index (κ3) is 2.59. The molecule has 1 N–H and O–H groups in total. The van der Waals surface area contributed by atoms with Crippen LogP contribution in [-0.4, -0.2) is 10.1 Å². The molecule has 0 saturated heterocycles. The van der Waals surface area contributed by atoms with Gasteiger partial charge in [-0.3, -0.25) is 0 Å². The lowest BCUT2D eigenvalue weighted by Crippen LogP contribution is -2.11. The SMILES string of the molecule is OCc1cc(C(F)(F)F)nc(Cl)c1C(F)F. The molecule has 16 heavy (non-hydrogen) atoms. The molecule has 0 spiro atoms. The van der Waals surface area contributed by atoms with Gasteiger partial charge in [0.25, 0.3) is 6.43 Å². The molecule has 0 aliphatic rings. The number of alkyl halides is 5. The number of aromatic nitrogens is 1. The zero-order chi connectivity index (χ0) is 12.5. The van der Waals surface area contributed by atoms with Gasteiger partial charge in [0.15, 0.2) is 0 Å². The third-order valence-electron chi connectivity index (χ3n) is 1.78. The highest BCUT2D eigenvalue weighted by Gasteiger charge is 2.34. The summed E-state index contributed by atoms with van der Waals surface area (Å²) < 4.78 is 61.5. The van der Waals surface area contributed by atoms with Gasteiger partial charge in [0.2, 0.25) is 0 Å². The van der Waals surface area contributed by atoms with Gasteiger partial charge in [-0.25, -0.2) is 13.8 Å². The van der Waals surface area contributed by atoms with Crippen molar-refractivity contribution in [2.45, 2.75) is 19.2 Å². The van der Waals surface area contributed by atoms with E-state index >= 15 is 0 Å². The van der Waals surface area contributed by atoms with Crippen LogP contribution < -0.4 is 0 Å². The smallest absolute Gasteiger partial charge is 0.392 e. The van der Waals surface area contributed by atoms with Crippen molar-refractivity contribution >= 4 is 11.6 Å². The summed E-state index contributed by atoms with van der Waals surface area (Å²) in [7, 11) is 0. The summed E-state index contributed by atoms with van der Waals surface area (Å²) >= 11 is 5.21. The Hall–Kier alpha value is -0.950. The van der Waals surface area contributed by atoms with E-state index in [2.05, 4.69) is 4.98 Å². The van der Waals surface area contributed by atoms with Crippen LogP contribution >= 0.6 is 11.6 Å². The molecule has 2 nitrogen and oxygen atoms in total. The minimum atomic E-state index is -4.80. The van der Waals surface area contributed by atoms with Crippen LogP contribution in [0.2, 0.25) is 5.15 Å². The van der Waals surface area contributed by atoms with Crippen LogP contribution in [-0.2, 0) is 12.8 Å². The first-order chi connectivity index (χ1) is 7.27. The molecule has 0 saturated carbocycles. The van der Waals surface area contributed by atoms with Crippen molar-refractivity contribution in [2.75, 3.05) is 0 Å². The molecule has 0 unspecified atom stereocenters. The van der Waals surface area contributed by atoms with E-state index in [0.29, 0.717) is 6.07 Å². The van der Waals surface area contributed by atoms with E-state index in [1.165, 1.54) is 0 Å². The van der Waals surface area contributed by atoms with Crippen LogP contribution in [0, 0.1) is 0 Å². The highest BCUT2D eigenvalue weighted by atomic mass is 35.5. The van der Waals surface area contributed by atoms with Crippen molar-refractivity contribution in [1.82, 2.24) is 4.98 Å². The normalized spacial score (nSPS) is 12.2. The number of hydrogen-bond donors (Lipinski definition) is 1. The van der Waals surface area contributed by atoms with Gasteiger partial charge in [-0.05, 0) is 11.6 Å². The van der Waals surface area contributed by atoms with Crippen molar-refractivity contribution < 1.29 is 27.1 Å². The molecule has 8 heteroatoms. The van der Waals surface area contributed by atoms with Crippen molar-refractivity contribution in [3.63, 3.8) is 0 Å². The van der Waals surface area contributed by atoms with Crippen LogP contribution in [0.15, 0.2) is 6.07 Å². The summed E-state index contributed by atoms with van der Waals surface area (Å²) in [6.07, 6.45) is -7.89. The van der Waals surface area contributed by atoms with Crippen LogP contribution in [0.3, 0.4) is 0 Å². The number of aliphatic hydroxyl groups is 1. The van der Waals surface area contributed by atoms with Crippen molar-refractivity contribution in [2.24, 2.45) is 0 Å². The molecule has 0 aliphatic heterocycles. The Morgan fingerprint density at radius 2 is 1.94 bits per heavy atom. The van der Waals surface area contributed by atoms with Crippen molar-refractivity contribution in [1.29, 1.82) is 0 Å². The highest BCUT2D eigenvalue weighted by Crippen LogP contribution is 2.35.